The molecule has 0 saturated carbocycles. The Morgan fingerprint density at radius 2 is 2.26 bits per heavy atom. The lowest BCUT2D eigenvalue weighted by molar-refractivity contribution is 0.0780. The first kappa shape index (κ1) is 15.4. The number of hydrogen-bond donors (Lipinski definition) is 1. The number of aryl methyl sites for hydroxylation is 1. The van der Waals surface area contributed by atoms with E-state index in [0.29, 0.717) is 17.9 Å². The van der Waals surface area contributed by atoms with Gasteiger partial charge in [0.25, 0.3) is 5.91 Å². The first-order chi connectivity index (χ1) is 11.1. The second kappa shape index (κ2) is 6.33. The molecule has 1 N–H and O–H groups in total. The van der Waals surface area contributed by atoms with Crippen LogP contribution in [-0.4, -0.2) is 43.0 Å². The molecule has 0 bridgehead atoms. The van der Waals surface area contributed by atoms with E-state index >= 15 is 0 Å². The van der Waals surface area contributed by atoms with E-state index in [9.17, 15) is 4.79 Å². The van der Waals surface area contributed by atoms with Crippen LogP contribution < -0.4 is 0 Å². The molecule has 8 heteroatoms. The average molecular weight is 330 g/mol. The molecular formula is C15H18N6OS. The van der Waals surface area contributed by atoms with Crippen LogP contribution in [-0.2, 0) is 13.1 Å². The number of nitrogens with one attached hydrogen (secondary N) is 1. The fourth-order valence-corrected chi connectivity index (χ4v) is 3.25. The van der Waals surface area contributed by atoms with E-state index in [-0.39, 0.29) is 5.91 Å². The Morgan fingerprint density at radius 3 is 2.91 bits per heavy atom. The highest BCUT2D eigenvalue weighted by Gasteiger charge is 2.20. The number of H-pyrrole nitrogens is 1. The van der Waals surface area contributed by atoms with Gasteiger partial charge in [0.15, 0.2) is 5.82 Å². The molecule has 0 aliphatic heterocycles. The predicted octanol–water partition coefficient (Wildman–Crippen LogP) is 2.00. The van der Waals surface area contributed by atoms with Gasteiger partial charge in [-0.1, -0.05) is 11.3 Å². The second-order valence-electron chi connectivity index (χ2n) is 5.44. The molecule has 3 aromatic heterocycles. The van der Waals surface area contributed by atoms with Gasteiger partial charge in [0.2, 0.25) is 0 Å². The number of nitrogens with zero attached hydrogens (tertiary/aromatic N) is 5. The highest BCUT2D eigenvalue weighted by Crippen LogP contribution is 2.20. The Labute approximate surface area is 137 Å². The first-order valence-electron chi connectivity index (χ1n) is 7.23. The summed E-state index contributed by atoms with van der Waals surface area (Å²) in [6, 6.07) is 6.09. The molecule has 0 aliphatic rings. The van der Waals surface area contributed by atoms with E-state index in [1.807, 2.05) is 26.0 Å². The zero-order chi connectivity index (χ0) is 16.4. The minimum absolute atomic E-state index is 0.0414. The van der Waals surface area contributed by atoms with Crippen LogP contribution in [0.1, 0.15) is 32.4 Å². The number of thiophene rings is 1. The Morgan fingerprint density at radius 1 is 1.43 bits per heavy atom. The van der Waals surface area contributed by atoms with Crippen molar-refractivity contribution in [2.24, 2.45) is 0 Å². The SMILES string of the molecule is Cc1cc(C(=O)N(C)Cc2nn[nH]n2)c(C)n1Cc1cccs1. The average Bonchev–Trinajstić information content (AvgIpc) is 3.25. The number of carbonyl (C=O) groups is 1. The van der Waals surface area contributed by atoms with E-state index in [1.54, 1.807) is 23.3 Å². The van der Waals surface area contributed by atoms with Crippen molar-refractivity contribution >= 4 is 17.2 Å². The summed E-state index contributed by atoms with van der Waals surface area (Å²) in [5.41, 5.74) is 2.76. The quantitative estimate of drug-likeness (QED) is 0.776. The molecule has 0 fully saturated rings. The lowest BCUT2D eigenvalue weighted by Crippen LogP contribution is -2.27. The Kier molecular flexibility index (Phi) is 4.24. The standard InChI is InChI=1S/C15H18N6OS/c1-10-7-13(11(2)21(10)8-12-5-4-6-23-12)15(22)20(3)9-14-16-18-19-17-14/h4-7H,8-9H2,1-3H3,(H,16,17,18,19). The third-order valence-electron chi connectivity index (χ3n) is 3.81. The van der Waals surface area contributed by atoms with Crippen molar-refractivity contribution in [3.8, 4) is 0 Å². The van der Waals surface area contributed by atoms with E-state index < -0.39 is 0 Å². The summed E-state index contributed by atoms with van der Waals surface area (Å²) in [7, 11) is 1.74. The fourth-order valence-electron chi connectivity index (χ4n) is 2.56. The number of aromatic nitrogens is 5. The molecule has 3 rings (SSSR count). The predicted molar refractivity (Wildman–Crippen MR) is 87.3 cm³/mol. The molecule has 3 heterocycles. The van der Waals surface area contributed by atoms with Crippen molar-refractivity contribution in [3.63, 3.8) is 0 Å². The van der Waals surface area contributed by atoms with E-state index in [4.69, 9.17) is 0 Å². The molecule has 0 radical (unpaired) electrons. The van der Waals surface area contributed by atoms with Gasteiger partial charge in [-0.05, 0) is 31.4 Å². The smallest absolute Gasteiger partial charge is 0.255 e. The molecule has 0 spiro atoms. The van der Waals surface area contributed by atoms with Gasteiger partial charge in [-0.2, -0.15) is 5.21 Å². The van der Waals surface area contributed by atoms with E-state index in [1.165, 1.54) is 4.88 Å². The van der Waals surface area contributed by atoms with Crippen LogP contribution in [0.3, 0.4) is 0 Å². The second-order valence-corrected chi connectivity index (χ2v) is 6.47. The summed E-state index contributed by atoms with van der Waals surface area (Å²) >= 11 is 1.72. The van der Waals surface area contributed by atoms with Crippen molar-refractivity contribution < 1.29 is 4.79 Å². The topological polar surface area (TPSA) is 79.7 Å². The molecule has 0 atom stereocenters. The number of hydrogen-bond acceptors (Lipinski definition) is 5. The lowest BCUT2D eigenvalue weighted by Gasteiger charge is -2.15. The van der Waals surface area contributed by atoms with E-state index in [2.05, 4.69) is 36.6 Å². The first-order valence-corrected chi connectivity index (χ1v) is 8.11. The van der Waals surface area contributed by atoms with Crippen molar-refractivity contribution in [2.45, 2.75) is 26.9 Å². The maximum Gasteiger partial charge on any atom is 0.255 e. The molecule has 7 nitrogen and oxygen atoms in total. The summed E-state index contributed by atoms with van der Waals surface area (Å²) in [4.78, 5) is 15.6. The number of aromatic amines is 1. The summed E-state index contributed by atoms with van der Waals surface area (Å²) in [6.45, 7) is 5.12. The highest BCUT2D eigenvalue weighted by atomic mass is 32.1. The minimum Gasteiger partial charge on any atom is -0.343 e. The summed E-state index contributed by atoms with van der Waals surface area (Å²) in [5, 5.41) is 15.7. The maximum absolute atomic E-state index is 12.7. The lowest BCUT2D eigenvalue weighted by atomic mass is 10.2. The zero-order valence-electron chi connectivity index (χ0n) is 13.3. The van der Waals surface area contributed by atoms with Crippen LogP contribution in [0.25, 0.3) is 0 Å². The summed E-state index contributed by atoms with van der Waals surface area (Å²) in [6.07, 6.45) is 0. The van der Waals surface area contributed by atoms with Gasteiger partial charge in [0.1, 0.15) is 0 Å². The number of amides is 1. The molecule has 3 aromatic rings. The number of rotatable bonds is 5. The highest BCUT2D eigenvalue weighted by molar-refractivity contribution is 7.09. The molecule has 23 heavy (non-hydrogen) atoms. The molecule has 0 saturated heterocycles. The van der Waals surface area contributed by atoms with Crippen LogP contribution in [0.5, 0.6) is 0 Å². The van der Waals surface area contributed by atoms with Crippen LogP contribution in [0.15, 0.2) is 23.6 Å². The van der Waals surface area contributed by atoms with Gasteiger partial charge >= 0.3 is 0 Å². The van der Waals surface area contributed by atoms with Gasteiger partial charge in [-0.15, -0.1) is 21.5 Å². The van der Waals surface area contributed by atoms with E-state index in [0.717, 1.165) is 17.9 Å². The van der Waals surface area contributed by atoms with Crippen molar-refractivity contribution in [2.75, 3.05) is 7.05 Å². The molecule has 120 valence electrons. The molecule has 0 aromatic carbocycles. The third kappa shape index (κ3) is 3.16. The summed E-state index contributed by atoms with van der Waals surface area (Å²) < 4.78 is 2.17. The number of carbonyl (C=O) groups excluding carboxylic acids is 1. The van der Waals surface area contributed by atoms with Crippen molar-refractivity contribution in [1.29, 1.82) is 0 Å². The maximum atomic E-state index is 12.7. The Hall–Kier alpha value is -2.48. The molecule has 1 amide bonds. The van der Waals surface area contributed by atoms with Crippen LogP contribution >= 0.6 is 11.3 Å². The minimum atomic E-state index is -0.0414. The normalized spacial score (nSPS) is 10.9. The van der Waals surface area contributed by atoms with Crippen molar-refractivity contribution in [3.05, 3.63) is 51.2 Å². The van der Waals surface area contributed by atoms with Gasteiger partial charge in [0, 0.05) is 23.3 Å². The molecular weight excluding hydrogens is 312 g/mol. The Balaban J connectivity index is 1.81. The molecule has 0 aliphatic carbocycles. The fraction of sp³-hybridized carbons (Fsp3) is 0.333. The van der Waals surface area contributed by atoms with Crippen LogP contribution in [0.2, 0.25) is 0 Å². The van der Waals surface area contributed by atoms with Gasteiger partial charge in [0.05, 0.1) is 18.7 Å². The monoisotopic (exact) mass is 330 g/mol. The molecule has 0 unspecified atom stereocenters. The third-order valence-corrected chi connectivity index (χ3v) is 4.67. The van der Waals surface area contributed by atoms with Crippen LogP contribution in [0, 0.1) is 13.8 Å². The Bertz CT molecular complexity index is 790. The van der Waals surface area contributed by atoms with Crippen LogP contribution in [0.4, 0.5) is 0 Å². The van der Waals surface area contributed by atoms with Crippen molar-refractivity contribution in [1.82, 2.24) is 30.1 Å². The van der Waals surface area contributed by atoms with Gasteiger partial charge < -0.3 is 9.47 Å². The summed E-state index contributed by atoms with van der Waals surface area (Å²) in [5.74, 6) is 0.452. The number of tetrazole rings is 1. The van der Waals surface area contributed by atoms with Gasteiger partial charge in [-0.25, -0.2) is 0 Å². The largest absolute Gasteiger partial charge is 0.343 e. The van der Waals surface area contributed by atoms with Gasteiger partial charge in [-0.3, -0.25) is 4.79 Å². The zero-order valence-corrected chi connectivity index (χ0v) is 14.1.